The lowest BCUT2D eigenvalue weighted by Crippen LogP contribution is -2.31. The molecular formula is C14H12N4O4S. The maximum absolute atomic E-state index is 12.4. The summed E-state index contributed by atoms with van der Waals surface area (Å²) in [4.78, 5) is 30.7. The number of aromatic nitrogens is 3. The zero-order valence-corrected chi connectivity index (χ0v) is 12.8. The van der Waals surface area contributed by atoms with E-state index in [1.165, 1.54) is 13.1 Å². The van der Waals surface area contributed by atoms with E-state index >= 15 is 0 Å². The van der Waals surface area contributed by atoms with Crippen LogP contribution in [0.1, 0.15) is 5.69 Å². The Hall–Kier alpha value is -2.94. The van der Waals surface area contributed by atoms with E-state index in [1.54, 1.807) is 24.3 Å². The van der Waals surface area contributed by atoms with Gasteiger partial charge in [-0.3, -0.25) is 19.5 Å². The highest BCUT2D eigenvalue weighted by Crippen LogP contribution is 2.19. The average molecular weight is 332 g/mol. The van der Waals surface area contributed by atoms with Gasteiger partial charge in [0.2, 0.25) is 0 Å². The third kappa shape index (κ3) is 2.86. The van der Waals surface area contributed by atoms with Crippen molar-refractivity contribution in [1.82, 2.24) is 15.0 Å². The summed E-state index contributed by atoms with van der Waals surface area (Å²) in [5.41, 5.74) is -0.853. The van der Waals surface area contributed by atoms with E-state index in [2.05, 4.69) is 14.7 Å². The molecule has 0 atom stereocenters. The van der Waals surface area contributed by atoms with E-state index in [0.29, 0.717) is 5.52 Å². The van der Waals surface area contributed by atoms with Crippen LogP contribution in [-0.2, 0) is 10.0 Å². The number of benzene rings is 1. The Labute approximate surface area is 130 Å². The highest BCUT2D eigenvalue weighted by molar-refractivity contribution is 7.92. The van der Waals surface area contributed by atoms with Crippen LogP contribution >= 0.6 is 0 Å². The van der Waals surface area contributed by atoms with Crippen molar-refractivity contribution in [1.29, 1.82) is 0 Å². The van der Waals surface area contributed by atoms with Crippen molar-refractivity contribution in [2.45, 2.75) is 11.8 Å². The van der Waals surface area contributed by atoms with Gasteiger partial charge < -0.3 is 4.98 Å². The highest BCUT2D eigenvalue weighted by Gasteiger charge is 2.22. The number of sulfonamides is 1. The third-order valence-corrected chi connectivity index (χ3v) is 4.72. The topological polar surface area (TPSA) is 125 Å². The molecule has 2 aromatic heterocycles. The number of nitrogens with zero attached hydrogens (tertiary/aromatic N) is 1. The number of rotatable bonds is 3. The second kappa shape index (κ2) is 5.36. The van der Waals surface area contributed by atoms with Gasteiger partial charge in [-0.25, -0.2) is 13.2 Å². The number of para-hydroxylation sites is 1. The molecule has 9 heteroatoms. The van der Waals surface area contributed by atoms with E-state index < -0.39 is 26.2 Å². The molecule has 0 amide bonds. The molecule has 3 N–H and O–H groups in total. The summed E-state index contributed by atoms with van der Waals surface area (Å²) in [6.07, 6.45) is 1.36. The van der Waals surface area contributed by atoms with E-state index in [-0.39, 0.29) is 11.4 Å². The fourth-order valence-electron chi connectivity index (χ4n) is 2.25. The summed E-state index contributed by atoms with van der Waals surface area (Å²) >= 11 is 0. The molecule has 8 nitrogen and oxygen atoms in total. The minimum atomic E-state index is -4.16. The predicted octanol–water partition coefficient (Wildman–Crippen LogP) is 0.721. The number of fused-ring (bicyclic) bond motifs is 1. The predicted molar refractivity (Wildman–Crippen MR) is 85.0 cm³/mol. The van der Waals surface area contributed by atoms with Crippen LogP contribution < -0.4 is 16.0 Å². The van der Waals surface area contributed by atoms with Gasteiger partial charge in [-0.15, -0.1) is 0 Å². The van der Waals surface area contributed by atoms with E-state index in [0.717, 1.165) is 5.39 Å². The summed E-state index contributed by atoms with van der Waals surface area (Å²) in [7, 11) is -4.16. The number of hydrogen-bond donors (Lipinski definition) is 3. The zero-order valence-electron chi connectivity index (χ0n) is 12.0. The van der Waals surface area contributed by atoms with Gasteiger partial charge in [0.25, 0.3) is 15.6 Å². The SMILES string of the molecule is Cc1[nH]c(=O)[nH]c(=O)c1S(=O)(=O)Nc1cnc2ccccc2c1. The molecule has 0 aliphatic rings. The zero-order chi connectivity index (χ0) is 16.6. The van der Waals surface area contributed by atoms with Crippen LogP contribution in [0.5, 0.6) is 0 Å². The van der Waals surface area contributed by atoms with Gasteiger partial charge in [-0.1, -0.05) is 18.2 Å². The average Bonchev–Trinajstić information content (AvgIpc) is 2.45. The highest BCUT2D eigenvalue weighted by atomic mass is 32.2. The molecule has 23 heavy (non-hydrogen) atoms. The molecule has 0 unspecified atom stereocenters. The summed E-state index contributed by atoms with van der Waals surface area (Å²) in [6, 6.07) is 8.82. The Morgan fingerprint density at radius 2 is 1.87 bits per heavy atom. The van der Waals surface area contributed by atoms with Gasteiger partial charge in [-0.05, 0) is 19.1 Å². The molecule has 118 valence electrons. The molecule has 3 rings (SSSR count). The summed E-state index contributed by atoms with van der Waals surface area (Å²) in [5.74, 6) is 0. The van der Waals surface area contributed by atoms with Crippen LogP contribution in [0.25, 0.3) is 10.9 Å². The lowest BCUT2D eigenvalue weighted by molar-refractivity contribution is 0.598. The minimum Gasteiger partial charge on any atom is -0.310 e. The lowest BCUT2D eigenvalue weighted by atomic mass is 10.2. The molecule has 0 saturated heterocycles. The molecular weight excluding hydrogens is 320 g/mol. The molecule has 0 aliphatic heterocycles. The number of aryl methyl sites for hydroxylation is 1. The summed E-state index contributed by atoms with van der Waals surface area (Å²) in [6.45, 7) is 1.34. The molecule has 1 aromatic carbocycles. The molecule has 0 bridgehead atoms. The minimum absolute atomic E-state index is 0.0417. The fraction of sp³-hybridized carbons (Fsp3) is 0.0714. The Balaban J connectivity index is 2.07. The molecule has 0 saturated carbocycles. The number of aromatic amines is 2. The van der Waals surface area contributed by atoms with Crippen LogP contribution in [-0.4, -0.2) is 23.4 Å². The van der Waals surface area contributed by atoms with Gasteiger partial charge >= 0.3 is 5.69 Å². The van der Waals surface area contributed by atoms with Crippen LogP contribution in [0.3, 0.4) is 0 Å². The molecule has 0 radical (unpaired) electrons. The van der Waals surface area contributed by atoms with Crippen LogP contribution in [0.15, 0.2) is 51.0 Å². The first-order valence-electron chi connectivity index (χ1n) is 6.58. The first-order chi connectivity index (χ1) is 10.9. The second-order valence-electron chi connectivity index (χ2n) is 4.88. The monoisotopic (exact) mass is 332 g/mol. The van der Waals surface area contributed by atoms with Gasteiger partial charge in [0, 0.05) is 11.1 Å². The van der Waals surface area contributed by atoms with Crippen molar-refractivity contribution in [3.8, 4) is 0 Å². The van der Waals surface area contributed by atoms with Gasteiger partial charge in [0.15, 0.2) is 4.90 Å². The smallest absolute Gasteiger partial charge is 0.310 e. The standard InChI is InChI=1S/C14H12N4O4S/c1-8-12(13(19)17-14(20)16-8)23(21,22)18-10-6-9-4-2-3-5-11(9)15-7-10/h2-7,18H,1H3,(H2,16,17,19,20). The van der Waals surface area contributed by atoms with Crippen molar-refractivity contribution < 1.29 is 8.42 Å². The molecule has 0 spiro atoms. The molecule has 0 fully saturated rings. The van der Waals surface area contributed by atoms with Gasteiger partial charge in [0.1, 0.15) is 0 Å². The number of nitrogens with one attached hydrogen (secondary N) is 3. The molecule has 3 aromatic rings. The molecule has 2 heterocycles. The normalized spacial score (nSPS) is 11.5. The summed E-state index contributed by atoms with van der Waals surface area (Å²) < 4.78 is 27.1. The Morgan fingerprint density at radius 1 is 1.13 bits per heavy atom. The van der Waals surface area contributed by atoms with Crippen LogP contribution in [0, 0.1) is 6.92 Å². The Bertz CT molecular complexity index is 1120. The number of pyridine rings is 1. The Kier molecular flexibility index (Phi) is 3.49. The van der Waals surface area contributed by atoms with Gasteiger partial charge in [0.05, 0.1) is 17.4 Å². The van der Waals surface area contributed by atoms with Crippen molar-refractivity contribution in [3.05, 3.63) is 63.1 Å². The number of hydrogen-bond acceptors (Lipinski definition) is 5. The third-order valence-electron chi connectivity index (χ3n) is 3.19. The van der Waals surface area contributed by atoms with Crippen molar-refractivity contribution in [2.24, 2.45) is 0 Å². The quantitative estimate of drug-likeness (QED) is 0.652. The molecule has 0 aliphatic carbocycles. The Morgan fingerprint density at radius 3 is 2.61 bits per heavy atom. The van der Waals surface area contributed by atoms with E-state index in [9.17, 15) is 18.0 Å². The van der Waals surface area contributed by atoms with Crippen LogP contribution in [0.2, 0.25) is 0 Å². The first kappa shape index (κ1) is 15.0. The van der Waals surface area contributed by atoms with Gasteiger partial charge in [-0.2, -0.15) is 0 Å². The maximum Gasteiger partial charge on any atom is 0.325 e. The van der Waals surface area contributed by atoms with Crippen LogP contribution in [0.4, 0.5) is 5.69 Å². The first-order valence-corrected chi connectivity index (χ1v) is 8.06. The fourth-order valence-corrected chi connectivity index (χ4v) is 3.52. The van der Waals surface area contributed by atoms with E-state index in [4.69, 9.17) is 0 Å². The summed E-state index contributed by atoms with van der Waals surface area (Å²) in [5, 5.41) is 0.750. The van der Waals surface area contributed by atoms with E-state index in [1.807, 2.05) is 11.1 Å². The van der Waals surface area contributed by atoms with Crippen molar-refractivity contribution in [3.63, 3.8) is 0 Å². The lowest BCUT2D eigenvalue weighted by Gasteiger charge is -2.09. The second-order valence-corrected chi connectivity index (χ2v) is 6.50. The van der Waals surface area contributed by atoms with Crippen molar-refractivity contribution >= 4 is 26.6 Å². The number of anilines is 1. The van der Waals surface area contributed by atoms with Crippen molar-refractivity contribution in [2.75, 3.05) is 4.72 Å². The largest absolute Gasteiger partial charge is 0.325 e. The maximum atomic E-state index is 12.4. The number of H-pyrrole nitrogens is 2.